The first-order valence-corrected chi connectivity index (χ1v) is 9.05. The molecule has 0 aliphatic carbocycles. The van der Waals surface area contributed by atoms with E-state index in [1.807, 2.05) is 66.9 Å². The average molecular weight is 365 g/mol. The Hall–Kier alpha value is -3.72. The second-order valence-electron chi connectivity index (χ2n) is 6.43. The van der Waals surface area contributed by atoms with Gasteiger partial charge in [-0.05, 0) is 35.9 Å². The highest BCUT2D eigenvalue weighted by Crippen LogP contribution is 2.23. The number of hydrogen-bond donors (Lipinski definition) is 0. The van der Waals surface area contributed by atoms with Gasteiger partial charge in [0.25, 0.3) is 0 Å². The van der Waals surface area contributed by atoms with E-state index in [9.17, 15) is 4.79 Å². The monoisotopic (exact) mass is 365 g/mol. The van der Waals surface area contributed by atoms with Gasteiger partial charge in [0, 0.05) is 28.5 Å². The van der Waals surface area contributed by atoms with Crippen molar-refractivity contribution in [3.63, 3.8) is 0 Å². The first-order chi connectivity index (χ1) is 13.7. The Labute approximate surface area is 164 Å². The number of carbonyl (C=O) groups is 1. The van der Waals surface area contributed by atoms with Crippen LogP contribution < -0.4 is 4.74 Å². The third kappa shape index (κ3) is 3.69. The van der Waals surface area contributed by atoms with Gasteiger partial charge in [-0.2, -0.15) is 0 Å². The summed E-state index contributed by atoms with van der Waals surface area (Å²) in [5.74, 6) is 0.727. The van der Waals surface area contributed by atoms with E-state index in [4.69, 9.17) is 4.74 Å². The fourth-order valence-electron chi connectivity index (χ4n) is 3.07. The van der Waals surface area contributed by atoms with Gasteiger partial charge in [0.1, 0.15) is 5.75 Å². The van der Waals surface area contributed by atoms with Gasteiger partial charge in [-0.15, -0.1) is 0 Å². The molecule has 0 bridgehead atoms. The van der Waals surface area contributed by atoms with Crippen molar-refractivity contribution < 1.29 is 9.53 Å². The van der Waals surface area contributed by atoms with Crippen molar-refractivity contribution in [2.75, 3.05) is 7.11 Å². The van der Waals surface area contributed by atoms with Crippen molar-refractivity contribution in [3.8, 4) is 28.1 Å². The lowest BCUT2D eigenvalue weighted by molar-refractivity contribution is 0.103. The normalized spacial score (nSPS) is 10.5. The molecule has 1 heterocycles. The molecule has 28 heavy (non-hydrogen) atoms. The number of methoxy groups -OCH3 is 1. The molecule has 0 aliphatic rings. The molecule has 0 amide bonds. The van der Waals surface area contributed by atoms with Crippen molar-refractivity contribution >= 4 is 5.78 Å². The lowest BCUT2D eigenvalue weighted by atomic mass is 9.99. The Morgan fingerprint density at radius 1 is 0.679 bits per heavy atom. The molecular formula is C25H19NO2. The topological polar surface area (TPSA) is 39.2 Å². The van der Waals surface area contributed by atoms with E-state index in [-0.39, 0.29) is 5.78 Å². The Balaban J connectivity index is 1.53. The minimum absolute atomic E-state index is 0.00764. The van der Waals surface area contributed by atoms with Gasteiger partial charge in [0.15, 0.2) is 5.78 Å². The summed E-state index contributed by atoms with van der Waals surface area (Å²) in [6, 6.07) is 28.9. The maximum atomic E-state index is 12.6. The quantitative estimate of drug-likeness (QED) is 0.429. The van der Waals surface area contributed by atoms with Crippen LogP contribution in [0, 0.1) is 0 Å². The molecule has 0 fully saturated rings. The van der Waals surface area contributed by atoms with Gasteiger partial charge in [-0.3, -0.25) is 9.78 Å². The number of rotatable bonds is 5. The number of nitrogens with zero attached hydrogens (tertiary/aromatic N) is 1. The highest BCUT2D eigenvalue weighted by molar-refractivity contribution is 6.09. The molecule has 0 saturated carbocycles. The van der Waals surface area contributed by atoms with E-state index in [1.165, 1.54) is 0 Å². The van der Waals surface area contributed by atoms with Gasteiger partial charge >= 0.3 is 0 Å². The van der Waals surface area contributed by atoms with Crippen molar-refractivity contribution in [1.82, 2.24) is 4.98 Å². The van der Waals surface area contributed by atoms with E-state index >= 15 is 0 Å². The van der Waals surface area contributed by atoms with Crippen molar-refractivity contribution in [1.29, 1.82) is 0 Å². The van der Waals surface area contributed by atoms with E-state index in [0.29, 0.717) is 11.1 Å². The maximum absolute atomic E-state index is 12.6. The maximum Gasteiger partial charge on any atom is 0.193 e. The summed E-state index contributed by atoms with van der Waals surface area (Å²) < 4.78 is 5.14. The van der Waals surface area contributed by atoms with Crippen LogP contribution in [0.2, 0.25) is 0 Å². The number of pyridine rings is 1. The number of benzene rings is 3. The third-order valence-corrected chi connectivity index (χ3v) is 4.67. The molecule has 1 aromatic heterocycles. The van der Waals surface area contributed by atoms with E-state index < -0.39 is 0 Å². The van der Waals surface area contributed by atoms with Crippen LogP contribution in [0.1, 0.15) is 15.9 Å². The van der Waals surface area contributed by atoms with Gasteiger partial charge in [-0.1, -0.05) is 60.7 Å². The fourth-order valence-corrected chi connectivity index (χ4v) is 3.07. The average Bonchev–Trinajstić information content (AvgIpc) is 2.79. The zero-order chi connectivity index (χ0) is 19.3. The minimum Gasteiger partial charge on any atom is -0.497 e. The van der Waals surface area contributed by atoms with Crippen LogP contribution in [0.15, 0.2) is 97.2 Å². The third-order valence-electron chi connectivity index (χ3n) is 4.67. The Morgan fingerprint density at radius 3 is 1.86 bits per heavy atom. The second-order valence-corrected chi connectivity index (χ2v) is 6.43. The molecule has 0 atom stereocenters. The van der Waals surface area contributed by atoms with Crippen LogP contribution >= 0.6 is 0 Å². The van der Waals surface area contributed by atoms with Crippen LogP contribution in [-0.2, 0) is 0 Å². The zero-order valence-electron chi connectivity index (χ0n) is 15.5. The van der Waals surface area contributed by atoms with Gasteiger partial charge < -0.3 is 4.74 Å². The summed E-state index contributed by atoms with van der Waals surface area (Å²) >= 11 is 0. The summed E-state index contributed by atoms with van der Waals surface area (Å²) in [7, 11) is 1.61. The summed E-state index contributed by atoms with van der Waals surface area (Å²) in [5, 5.41) is 0. The fraction of sp³-hybridized carbons (Fsp3) is 0.0400. The number of ketones is 1. The predicted molar refractivity (Wildman–Crippen MR) is 112 cm³/mol. The molecule has 0 saturated heterocycles. The number of carbonyl (C=O) groups excluding carboxylic acids is 1. The molecule has 0 spiro atoms. The van der Waals surface area contributed by atoms with Gasteiger partial charge in [0.2, 0.25) is 0 Å². The molecule has 3 aromatic carbocycles. The Morgan fingerprint density at radius 2 is 1.29 bits per heavy atom. The van der Waals surface area contributed by atoms with Crippen molar-refractivity contribution in [3.05, 3.63) is 108 Å². The zero-order valence-corrected chi connectivity index (χ0v) is 15.5. The molecule has 0 N–H and O–H groups in total. The van der Waals surface area contributed by atoms with Gasteiger partial charge in [-0.25, -0.2) is 0 Å². The molecule has 0 radical (unpaired) electrons. The molecular weight excluding hydrogens is 346 g/mol. The molecule has 136 valence electrons. The first-order valence-electron chi connectivity index (χ1n) is 9.05. The van der Waals surface area contributed by atoms with Gasteiger partial charge in [0.05, 0.1) is 12.8 Å². The lowest BCUT2D eigenvalue weighted by Gasteiger charge is -2.06. The Bertz CT molecular complexity index is 1070. The summed E-state index contributed by atoms with van der Waals surface area (Å²) in [6.07, 6.45) is 1.86. The van der Waals surface area contributed by atoms with Crippen molar-refractivity contribution in [2.24, 2.45) is 0 Å². The molecule has 0 aliphatic heterocycles. The molecule has 3 heteroatoms. The summed E-state index contributed by atoms with van der Waals surface area (Å²) in [6.45, 7) is 0. The lowest BCUT2D eigenvalue weighted by Crippen LogP contribution is -2.01. The standard InChI is InChI=1S/C25H19NO2/c1-28-23-14-11-21(12-15-23)25(27)20-9-7-18(8-10-20)22-13-16-24(26-17-22)19-5-3-2-4-6-19/h2-17H,1H3. The summed E-state index contributed by atoms with van der Waals surface area (Å²) in [4.78, 5) is 17.2. The molecule has 4 rings (SSSR count). The van der Waals surface area contributed by atoms with Crippen LogP contribution in [0.25, 0.3) is 22.4 Å². The predicted octanol–water partition coefficient (Wildman–Crippen LogP) is 5.66. The van der Waals surface area contributed by atoms with Crippen LogP contribution in [0.5, 0.6) is 5.75 Å². The van der Waals surface area contributed by atoms with Crippen LogP contribution in [0.3, 0.4) is 0 Å². The number of hydrogen-bond acceptors (Lipinski definition) is 3. The van der Waals surface area contributed by atoms with Crippen LogP contribution in [0.4, 0.5) is 0 Å². The number of ether oxygens (including phenoxy) is 1. The highest BCUT2D eigenvalue weighted by Gasteiger charge is 2.10. The first kappa shape index (κ1) is 17.7. The van der Waals surface area contributed by atoms with Crippen LogP contribution in [-0.4, -0.2) is 17.9 Å². The second kappa shape index (κ2) is 7.89. The van der Waals surface area contributed by atoms with E-state index in [0.717, 1.165) is 28.1 Å². The Kier molecular flexibility index (Phi) is 4.98. The largest absolute Gasteiger partial charge is 0.497 e. The van der Waals surface area contributed by atoms with E-state index in [1.54, 1.807) is 31.4 Å². The van der Waals surface area contributed by atoms with Crippen molar-refractivity contribution in [2.45, 2.75) is 0 Å². The highest BCUT2D eigenvalue weighted by atomic mass is 16.5. The number of aromatic nitrogens is 1. The SMILES string of the molecule is COc1ccc(C(=O)c2ccc(-c3ccc(-c4ccccc4)nc3)cc2)cc1. The molecule has 0 unspecified atom stereocenters. The smallest absolute Gasteiger partial charge is 0.193 e. The molecule has 4 aromatic rings. The minimum atomic E-state index is -0.00764. The summed E-state index contributed by atoms with van der Waals surface area (Å²) in [5.41, 5.74) is 5.37. The molecule has 3 nitrogen and oxygen atoms in total. The van der Waals surface area contributed by atoms with E-state index in [2.05, 4.69) is 11.1 Å².